The first-order valence-electron chi connectivity index (χ1n) is 14.6. The standard InChI is InChI=1S/C31H45N5O3/c1-23(2)30(33-3)34-39-22-35-16-12-25(13-17-35)21-38-29-10-8-27(9-11-29)26-4-6-28(7-5-26)31(37)36-18-14-24(20-32)15-19-36/h4,8-11,23-25,28H,5-7,12-19,21-22H2,1-3H3,(H,33,34). The molecule has 1 aromatic rings. The van der Waals surface area contributed by atoms with Crippen molar-refractivity contribution in [1.29, 1.82) is 5.26 Å². The molecule has 39 heavy (non-hydrogen) atoms. The predicted octanol–water partition coefficient (Wildman–Crippen LogP) is 4.89. The molecule has 212 valence electrons. The number of likely N-dealkylation sites (tertiary alicyclic amines) is 2. The Kier molecular flexibility index (Phi) is 10.8. The molecule has 2 fully saturated rings. The second-order valence-electron chi connectivity index (χ2n) is 11.5. The Morgan fingerprint density at radius 1 is 1.10 bits per heavy atom. The van der Waals surface area contributed by atoms with Gasteiger partial charge in [-0.05, 0) is 74.1 Å². The third-order valence-electron chi connectivity index (χ3n) is 8.38. The molecule has 4 rings (SSSR count). The number of amidine groups is 1. The fraction of sp³-hybridized carbons (Fsp3) is 0.645. The van der Waals surface area contributed by atoms with E-state index in [1.54, 1.807) is 7.05 Å². The maximum Gasteiger partial charge on any atom is 0.226 e. The summed E-state index contributed by atoms with van der Waals surface area (Å²) in [5.74, 6) is 3.11. The van der Waals surface area contributed by atoms with Crippen molar-refractivity contribution in [3.8, 4) is 11.8 Å². The average Bonchev–Trinajstić information content (AvgIpc) is 2.99. The van der Waals surface area contributed by atoms with Gasteiger partial charge in [-0.1, -0.05) is 32.1 Å². The van der Waals surface area contributed by atoms with Gasteiger partial charge < -0.3 is 9.64 Å². The maximum absolute atomic E-state index is 12.9. The lowest BCUT2D eigenvalue weighted by atomic mass is 9.85. The summed E-state index contributed by atoms with van der Waals surface area (Å²) in [7, 11) is 1.78. The summed E-state index contributed by atoms with van der Waals surface area (Å²) in [6.07, 6.45) is 8.69. The number of carbonyl (C=O) groups is 1. The predicted molar refractivity (Wildman–Crippen MR) is 154 cm³/mol. The van der Waals surface area contributed by atoms with Crippen molar-refractivity contribution >= 4 is 17.3 Å². The molecule has 0 radical (unpaired) electrons. The van der Waals surface area contributed by atoms with E-state index in [9.17, 15) is 4.79 Å². The zero-order valence-corrected chi connectivity index (χ0v) is 23.9. The number of benzene rings is 1. The number of hydrogen-bond donors (Lipinski definition) is 1. The van der Waals surface area contributed by atoms with Crippen LogP contribution in [0.3, 0.4) is 0 Å². The Balaban J connectivity index is 1.15. The number of aliphatic imine (C=N–C) groups is 1. The first-order valence-corrected chi connectivity index (χ1v) is 14.6. The summed E-state index contributed by atoms with van der Waals surface area (Å²) < 4.78 is 6.14. The summed E-state index contributed by atoms with van der Waals surface area (Å²) in [4.78, 5) is 27.1. The number of carbonyl (C=O) groups excluding carboxylic acids is 1. The highest BCUT2D eigenvalue weighted by molar-refractivity contribution is 5.82. The molecule has 1 N–H and O–H groups in total. The number of hydroxylamine groups is 1. The second kappa shape index (κ2) is 14.5. The summed E-state index contributed by atoms with van der Waals surface area (Å²) >= 11 is 0. The highest BCUT2D eigenvalue weighted by Crippen LogP contribution is 2.33. The number of rotatable bonds is 9. The molecule has 1 atom stereocenters. The van der Waals surface area contributed by atoms with Crippen molar-refractivity contribution in [2.24, 2.45) is 28.7 Å². The lowest BCUT2D eigenvalue weighted by Crippen LogP contribution is -2.41. The SMILES string of the molecule is CN=C(NOCN1CCC(COc2ccc(C3=CCC(C(=O)N4CCC(C#N)CC4)CC3)cc2)CC1)C(C)C. The van der Waals surface area contributed by atoms with E-state index in [0.717, 1.165) is 89.3 Å². The number of nitriles is 1. The smallest absolute Gasteiger partial charge is 0.226 e. The van der Waals surface area contributed by atoms with Gasteiger partial charge >= 0.3 is 0 Å². The molecule has 1 amide bonds. The van der Waals surface area contributed by atoms with Gasteiger partial charge in [-0.2, -0.15) is 5.26 Å². The summed E-state index contributed by atoms with van der Waals surface area (Å²) in [5.41, 5.74) is 5.52. The minimum Gasteiger partial charge on any atom is -0.493 e. The number of allylic oxidation sites excluding steroid dienone is 2. The van der Waals surface area contributed by atoms with Crippen LogP contribution in [0.15, 0.2) is 35.3 Å². The quantitative estimate of drug-likeness (QED) is 0.275. The fourth-order valence-electron chi connectivity index (χ4n) is 5.69. The molecule has 0 saturated carbocycles. The number of amides is 1. The monoisotopic (exact) mass is 535 g/mol. The van der Waals surface area contributed by atoms with Gasteiger partial charge in [0.1, 0.15) is 18.3 Å². The van der Waals surface area contributed by atoms with E-state index in [1.165, 1.54) is 11.1 Å². The topological polar surface area (TPSA) is 90.2 Å². The minimum atomic E-state index is 0.0759. The van der Waals surface area contributed by atoms with E-state index < -0.39 is 0 Å². The van der Waals surface area contributed by atoms with Gasteiger partial charge in [-0.25, -0.2) is 0 Å². The summed E-state index contributed by atoms with van der Waals surface area (Å²) in [6.45, 7) is 8.95. The zero-order valence-electron chi connectivity index (χ0n) is 23.9. The molecule has 2 saturated heterocycles. The molecule has 2 aliphatic heterocycles. The Bertz CT molecular complexity index is 1030. The van der Waals surface area contributed by atoms with Crippen LogP contribution in [0.25, 0.3) is 5.57 Å². The fourth-order valence-corrected chi connectivity index (χ4v) is 5.69. The number of hydrogen-bond acceptors (Lipinski definition) is 6. The molecule has 0 spiro atoms. The van der Waals surface area contributed by atoms with E-state index in [4.69, 9.17) is 14.8 Å². The van der Waals surface area contributed by atoms with Gasteiger partial charge in [0.05, 0.1) is 12.7 Å². The molecule has 1 aromatic carbocycles. The van der Waals surface area contributed by atoms with Crippen molar-refractivity contribution < 1.29 is 14.4 Å². The normalized spacial score (nSPS) is 21.9. The first kappa shape index (κ1) is 29.1. The number of piperidine rings is 2. The molecule has 0 bridgehead atoms. The molecule has 2 heterocycles. The molecular weight excluding hydrogens is 490 g/mol. The molecule has 8 heteroatoms. The molecule has 1 aliphatic carbocycles. The molecule has 0 aromatic heterocycles. The van der Waals surface area contributed by atoms with Crippen molar-refractivity contribution in [1.82, 2.24) is 15.3 Å². The molecular formula is C31H45N5O3. The van der Waals surface area contributed by atoms with Gasteiger partial charge in [0.15, 0.2) is 0 Å². The Morgan fingerprint density at radius 3 is 2.41 bits per heavy atom. The van der Waals surface area contributed by atoms with Crippen LogP contribution < -0.4 is 10.2 Å². The van der Waals surface area contributed by atoms with Crippen LogP contribution in [0.1, 0.15) is 64.4 Å². The van der Waals surface area contributed by atoms with Gasteiger partial charge in [-0.15, -0.1) is 0 Å². The largest absolute Gasteiger partial charge is 0.493 e. The number of nitrogens with one attached hydrogen (secondary N) is 1. The van der Waals surface area contributed by atoms with Crippen molar-refractivity contribution in [3.05, 3.63) is 35.9 Å². The number of ether oxygens (including phenoxy) is 1. The Morgan fingerprint density at radius 2 is 1.82 bits per heavy atom. The van der Waals surface area contributed by atoms with Gasteiger partial charge in [-0.3, -0.25) is 25.0 Å². The van der Waals surface area contributed by atoms with Crippen LogP contribution in [-0.4, -0.2) is 68.1 Å². The highest BCUT2D eigenvalue weighted by atomic mass is 16.7. The molecule has 3 aliphatic rings. The Labute approximate surface area is 234 Å². The van der Waals surface area contributed by atoms with E-state index in [2.05, 4.69) is 65.6 Å². The summed E-state index contributed by atoms with van der Waals surface area (Å²) in [5, 5.41) is 9.09. The van der Waals surface area contributed by atoms with Crippen molar-refractivity contribution in [2.45, 2.75) is 58.8 Å². The minimum absolute atomic E-state index is 0.0759. The Hall–Kier alpha value is -2.89. The van der Waals surface area contributed by atoms with Crippen LogP contribution in [0.5, 0.6) is 5.75 Å². The van der Waals surface area contributed by atoms with Crippen LogP contribution in [0.4, 0.5) is 0 Å². The third kappa shape index (κ3) is 8.30. The van der Waals surface area contributed by atoms with Crippen LogP contribution in [0, 0.1) is 35.0 Å². The van der Waals surface area contributed by atoms with Crippen LogP contribution >= 0.6 is 0 Å². The van der Waals surface area contributed by atoms with Crippen LogP contribution in [-0.2, 0) is 9.63 Å². The zero-order chi connectivity index (χ0) is 27.6. The lowest BCUT2D eigenvalue weighted by molar-refractivity contribution is -0.136. The lowest BCUT2D eigenvalue weighted by Gasteiger charge is -2.33. The van der Waals surface area contributed by atoms with Crippen LogP contribution in [0.2, 0.25) is 0 Å². The summed E-state index contributed by atoms with van der Waals surface area (Å²) in [6, 6.07) is 10.8. The van der Waals surface area contributed by atoms with E-state index in [1.807, 2.05) is 4.90 Å². The molecule has 8 nitrogen and oxygen atoms in total. The van der Waals surface area contributed by atoms with E-state index >= 15 is 0 Å². The first-order chi connectivity index (χ1) is 19.0. The van der Waals surface area contributed by atoms with Gasteiger partial charge in [0.25, 0.3) is 0 Å². The third-order valence-corrected chi connectivity index (χ3v) is 8.38. The van der Waals surface area contributed by atoms with E-state index in [-0.39, 0.29) is 17.7 Å². The molecule has 1 unspecified atom stereocenters. The highest BCUT2D eigenvalue weighted by Gasteiger charge is 2.29. The van der Waals surface area contributed by atoms with Gasteiger partial charge in [0, 0.05) is 51.0 Å². The van der Waals surface area contributed by atoms with E-state index in [0.29, 0.717) is 18.6 Å². The van der Waals surface area contributed by atoms with Crippen molar-refractivity contribution in [3.63, 3.8) is 0 Å². The number of nitrogens with zero attached hydrogens (tertiary/aromatic N) is 4. The van der Waals surface area contributed by atoms with Crippen molar-refractivity contribution in [2.75, 3.05) is 46.6 Å². The van der Waals surface area contributed by atoms with Gasteiger partial charge in [0.2, 0.25) is 5.91 Å². The average molecular weight is 536 g/mol. The second-order valence-corrected chi connectivity index (χ2v) is 11.5. The maximum atomic E-state index is 12.9.